The van der Waals surface area contributed by atoms with Gasteiger partial charge in [0.25, 0.3) is 5.92 Å². The van der Waals surface area contributed by atoms with Crippen LogP contribution in [0.25, 0.3) is 0 Å². The van der Waals surface area contributed by atoms with Gasteiger partial charge in [-0.05, 0) is 31.0 Å². The van der Waals surface area contributed by atoms with E-state index in [9.17, 15) is 13.6 Å². The predicted octanol–water partition coefficient (Wildman–Crippen LogP) is 1.82. The van der Waals surface area contributed by atoms with E-state index in [1.165, 1.54) is 0 Å². The highest BCUT2D eigenvalue weighted by molar-refractivity contribution is 5.76. The summed E-state index contributed by atoms with van der Waals surface area (Å²) >= 11 is 0. The number of amides is 1. The smallest absolute Gasteiger partial charge is 0.287 e. The molecule has 112 valence electrons. The third kappa shape index (κ3) is 5.13. The molecule has 0 bridgehead atoms. The van der Waals surface area contributed by atoms with Gasteiger partial charge in [-0.1, -0.05) is 12.1 Å². The molecule has 1 aromatic carbocycles. The minimum Gasteiger partial charge on any atom is -0.493 e. The van der Waals surface area contributed by atoms with Crippen molar-refractivity contribution in [2.45, 2.75) is 26.2 Å². The number of aryl methyl sites for hydroxylation is 1. The number of benzene rings is 1. The lowest BCUT2D eigenvalue weighted by molar-refractivity contribution is -0.124. The molecular weight excluding hydrogens is 268 g/mol. The van der Waals surface area contributed by atoms with Gasteiger partial charge in [-0.15, -0.1) is 0 Å². The van der Waals surface area contributed by atoms with Gasteiger partial charge in [-0.3, -0.25) is 4.79 Å². The highest BCUT2D eigenvalue weighted by Crippen LogP contribution is 2.20. The van der Waals surface area contributed by atoms with E-state index in [1.807, 2.05) is 26.0 Å². The summed E-state index contributed by atoms with van der Waals surface area (Å²) in [5.74, 6) is -3.15. The lowest BCUT2D eigenvalue weighted by Gasteiger charge is -2.14. The molecule has 0 saturated carbocycles. The van der Waals surface area contributed by atoms with Crippen LogP contribution in [0.5, 0.6) is 5.75 Å². The van der Waals surface area contributed by atoms with Gasteiger partial charge in [-0.25, -0.2) is 8.78 Å². The summed E-state index contributed by atoms with van der Waals surface area (Å²) in [5.41, 5.74) is 2.06. The van der Waals surface area contributed by atoms with E-state index >= 15 is 0 Å². The molecule has 1 amide bonds. The van der Waals surface area contributed by atoms with Crippen molar-refractivity contribution in [2.75, 3.05) is 19.8 Å². The number of nitrogens with one attached hydrogen (secondary N) is 1. The van der Waals surface area contributed by atoms with Gasteiger partial charge in [0, 0.05) is 0 Å². The van der Waals surface area contributed by atoms with Gasteiger partial charge in [-0.2, -0.15) is 0 Å². The number of aliphatic hydroxyl groups is 1. The number of ether oxygens (including phenoxy) is 1. The van der Waals surface area contributed by atoms with Crippen LogP contribution in [0, 0.1) is 13.8 Å². The zero-order valence-corrected chi connectivity index (χ0v) is 11.6. The Hall–Kier alpha value is -1.69. The molecule has 0 spiro atoms. The van der Waals surface area contributed by atoms with Crippen LogP contribution in [-0.4, -0.2) is 36.7 Å². The number of alkyl halides is 2. The first-order valence-corrected chi connectivity index (χ1v) is 6.30. The highest BCUT2D eigenvalue weighted by atomic mass is 19.3. The first kappa shape index (κ1) is 16.4. The maximum absolute atomic E-state index is 12.7. The number of rotatable bonds is 7. The molecule has 1 aromatic rings. The minimum atomic E-state index is -3.29. The molecule has 0 aliphatic heterocycles. The predicted molar refractivity (Wildman–Crippen MR) is 71.1 cm³/mol. The maximum Gasteiger partial charge on any atom is 0.287 e. The summed E-state index contributed by atoms with van der Waals surface area (Å²) in [6.45, 7) is 1.82. The van der Waals surface area contributed by atoms with Crippen molar-refractivity contribution in [1.29, 1.82) is 0 Å². The van der Waals surface area contributed by atoms with Gasteiger partial charge in [0.2, 0.25) is 5.91 Å². The Morgan fingerprint density at radius 3 is 2.75 bits per heavy atom. The zero-order chi connectivity index (χ0) is 15.2. The SMILES string of the molecule is Cc1cccc(OCCC(=O)NCC(F)(F)CO)c1C. The molecule has 0 heterocycles. The van der Waals surface area contributed by atoms with Crippen LogP contribution in [0.4, 0.5) is 8.78 Å². The number of hydrogen-bond acceptors (Lipinski definition) is 3. The normalized spacial score (nSPS) is 11.2. The summed E-state index contributed by atoms with van der Waals surface area (Å²) in [7, 11) is 0. The first-order valence-electron chi connectivity index (χ1n) is 6.30. The second-order valence-electron chi connectivity index (χ2n) is 4.59. The summed E-state index contributed by atoms with van der Waals surface area (Å²) in [4.78, 5) is 11.3. The van der Waals surface area contributed by atoms with E-state index < -0.39 is 25.0 Å². The number of hydrogen-bond donors (Lipinski definition) is 2. The van der Waals surface area contributed by atoms with E-state index in [1.54, 1.807) is 6.07 Å². The molecule has 2 N–H and O–H groups in total. The number of carbonyl (C=O) groups is 1. The van der Waals surface area contributed by atoms with Gasteiger partial charge in [0.15, 0.2) is 0 Å². The number of aliphatic hydroxyl groups excluding tert-OH is 1. The molecule has 0 saturated heterocycles. The number of carbonyl (C=O) groups excluding carboxylic acids is 1. The average molecular weight is 287 g/mol. The van der Waals surface area contributed by atoms with Crippen LogP contribution in [0.3, 0.4) is 0 Å². The molecule has 0 aromatic heterocycles. The lowest BCUT2D eigenvalue weighted by atomic mass is 10.1. The average Bonchev–Trinajstić information content (AvgIpc) is 2.41. The van der Waals surface area contributed by atoms with E-state index in [0.29, 0.717) is 5.75 Å². The molecule has 0 atom stereocenters. The lowest BCUT2D eigenvalue weighted by Crippen LogP contribution is -2.39. The van der Waals surface area contributed by atoms with Crippen molar-refractivity contribution in [3.05, 3.63) is 29.3 Å². The van der Waals surface area contributed by atoms with Crippen molar-refractivity contribution < 1.29 is 23.4 Å². The molecule has 0 fully saturated rings. The van der Waals surface area contributed by atoms with Gasteiger partial charge < -0.3 is 15.2 Å². The van der Waals surface area contributed by atoms with E-state index in [0.717, 1.165) is 11.1 Å². The first-order chi connectivity index (χ1) is 9.35. The summed E-state index contributed by atoms with van der Waals surface area (Å²) in [5, 5.41) is 10.4. The van der Waals surface area contributed by atoms with Crippen LogP contribution in [0.1, 0.15) is 17.5 Å². The van der Waals surface area contributed by atoms with Gasteiger partial charge in [0.1, 0.15) is 12.4 Å². The molecule has 0 unspecified atom stereocenters. The van der Waals surface area contributed by atoms with E-state index in [4.69, 9.17) is 9.84 Å². The monoisotopic (exact) mass is 287 g/mol. The largest absolute Gasteiger partial charge is 0.493 e. The molecule has 4 nitrogen and oxygen atoms in total. The maximum atomic E-state index is 12.7. The summed E-state index contributed by atoms with van der Waals surface area (Å²) in [6.07, 6.45) is -0.0190. The highest BCUT2D eigenvalue weighted by Gasteiger charge is 2.27. The summed E-state index contributed by atoms with van der Waals surface area (Å²) < 4.78 is 30.9. The van der Waals surface area contributed by atoms with Crippen LogP contribution in [0.2, 0.25) is 0 Å². The Bertz CT molecular complexity index is 464. The van der Waals surface area contributed by atoms with E-state index in [2.05, 4.69) is 5.32 Å². The minimum absolute atomic E-state index is 0.0190. The summed E-state index contributed by atoms with van der Waals surface area (Å²) in [6, 6.07) is 5.59. The second-order valence-corrected chi connectivity index (χ2v) is 4.59. The van der Waals surface area contributed by atoms with Crippen LogP contribution in [0.15, 0.2) is 18.2 Å². The Morgan fingerprint density at radius 2 is 2.10 bits per heavy atom. The van der Waals surface area contributed by atoms with Gasteiger partial charge >= 0.3 is 0 Å². The molecule has 0 radical (unpaired) electrons. The van der Waals surface area contributed by atoms with Crippen molar-refractivity contribution in [3.63, 3.8) is 0 Å². The fourth-order valence-corrected chi connectivity index (χ4v) is 1.51. The van der Waals surface area contributed by atoms with Crippen molar-refractivity contribution in [1.82, 2.24) is 5.32 Å². The third-order valence-electron chi connectivity index (χ3n) is 2.92. The molecule has 1 rings (SSSR count). The Labute approximate surface area is 116 Å². The fourth-order valence-electron chi connectivity index (χ4n) is 1.51. The molecular formula is C14H19F2NO3. The van der Waals surface area contributed by atoms with Crippen molar-refractivity contribution in [2.24, 2.45) is 0 Å². The van der Waals surface area contributed by atoms with Crippen molar-refractivity contribution in [3.8, 4) is 5.75 Å². The van der Waals surface area contributed by atoms with Crippen molar-refractivity contribution >= 4 is 5.91 Å². The second kappa shape index (κ2) is 7.19. The molecule has 20 heavy (non-hydrogen) atoms. The fraction of sp³-hybridized carbons (Fsp3) is 0.500. The van der Waals surface area contributed by atoms with Gasteiger partial charge in [0.05, 0.1) is 19.6 Å². The molecule has 6 heteroatoms. The Kier molecular flexibility index (Phi) is 5.88. The van der Waals surface area contributed by atoms with Crippen LogP contribution in [-0.2, 0) is 4.79 Å². The molecule has 0 aliphatic rings. The quantitative estimate of drug-likeness (QED) is 0.804. The Balaban J connectivity index is 2.34. The third-order valence-corrected chi connectivity index (χ3v) is 2.92. The molecule has 0 aliphatic carbocycles. The topological polar surface area (TPSA) is 58.6 Å². The number of halogens is 2. The van der Waals surface area contributed by atoms with E-state index in [-0.39, 0.29) is 13.0 Å². The zero-order valence-electron chi connectivity index (χ0n) is 11.6. The Morgan fingerprint density at radius 1 is 1.40 bits per heavy atom. The van der Waals surface area contributed by atoms with Crippen LogP contribution < -0.4 is 10.1 Å². The standard InChI is InChI=1S/C14H19F2NO3/c1-10-4-3-5-12(11(10)2)20-7-6-13(19)17-8-14(15,16)9-18/h3-5,18H,6-9H2,1-2H3,(H,17,19). The van der Waals surface area contributed by atoms with Crippen LogP contribution >= 0.6 is 0 Å².